The Hall–Kier alpha value is -0.0800. The molecule has 96 valence electrons. The van der Waals surface area contributed by atoms with Gasteiger partial charge in [0.1, 0.15) is 0 Å². The van der Waals surface area contributed by atoms with Crippen molar-refractivity contribution in [2.45, 2.75) is 53.0 Å². The fourth-order valence-electron chi connectivity index (χ4n) is 2.49. The van der Waals surface area contributed by atoms with E-state index in [1.165, 1.54) is 38.9 Å². The molecule has 1 aliphatic rings. The Balaban J connectivity index is 2.07. The van der Waals surface area contributed by atoms with E-state index in [2.05, 4.69) is 37.9 Å². The van der Waals surface area contributed by atoms with Gasteiger partial charge in [0.15, 0.2) is 0 Å². The van der Waals surface area contributed by atoms with Gasteiger partial charge in [0, 0.05) is 12.6 Å². The van der Waals surface area contributed by atoms with Crippen LogP contribution in [0.15, 0.2) is 0 Å². The van der Waals surface area contributed by atoms with E-state index in [1.54, 1.807) is 0 Å². The molecule has 1 rings (SSSR count). The maximum atomic E-state index is 3.52. The molecule has 1 N–H and O–H groups in total. The molecule has 0 saturated carbocycles. The van der Waals surface area contributed by atoms with E-state index in [0.29, 0.717) is 0 Å². The van der Waals surface area contributed by atoms with Gasteiger partial charge in [-0.05, 0) is 57.7 Å². The zero-order valence-corrected chi connectivity index (χ0v) is 11.6. The van der Waals surface area contributed by atoms with Crippen LogP contribution >= 0.6 is 0 Å². The van der Waals surface area contributed by atoms with Gasteiger partial charge in [-0.2, -0.15) is 0 Å². The minimum atomic E-state index is 0.772. The van der Waals surface area contributed by atoms with Crippen LogP contribution in [0.25, 0.3) is 0 Å². The third kappa shape index (κ3) is 5.31. The number of piperidine rings is 1. The molecule has 0 aromatic carbocycles. The molecule has 1 fully saturated rings. The Morgan fingerprint density at radius 3 is 2.69 bits per heavy atom. The van der Waals surface area contributed by atoms with Crippen molar-refractivity contribution in [1.29, 1.82) is 0 Å². The summed E-state index contributed by atoms with van der Waals surface area (Å²) in [6, 6.07) is 0.807. The molecule has 1 aliphatic heterocycles. The highest BCUT2D eigenvalue weighted by molar-refractivity contribution is 4.76. The number of nitrogens with zero attached hydrogens (tertiary/aromatic N) is 1. The van der Waals surface area contributed by atoms with E-state index in [4.69, 9.17) is 0 Å². The summed E-state index contributed by atoms with van der Waals surface area (Å²) in [5.41, 5.74) is 0. The first-order valence-corrected chi connectivity index (χ1v) is 7.04. The Morgan fingerprint density at radius 2 is 2.00 bits per heavy atom. The molecule has 0 aliphatic carbocycles. The van der Waals surface area contributed by atoms with Crippen molar-refractivity contribution in [3.05, 3.63) is 0 Å². The van der Waals surface area contributed by atoms with Crippen molar-refractivity contribution >= 4 is 0 Å². The van der Waals surface area contributed by atoms with Crippen LogP contribution in [-0.2, 0) is 0 Å². The molecular formula is C14H30N2. The maximum Gasteiger partial charge on any atom is 0.00671 e. The summed E-state index contributed by atoms with van der Waals surface area (Å²) in [5.74, 6) is 1.67. The smallest absolute Gasteiger partial charge is 0.00671 e. The van der Waals surface area contributed by atoms with Crippen LogP contribution in [0, 0.1) is 11.8 Å². The normalized spacial score (nSPS) is 27.6. The van der Waals surface area contributed by atoms with Crippen molar-refractivity contribution < 1.29 is 0 Å². The lowest BCUT2D eigenvalue weighted by molar-refractivity contribution is 0.123. The zero-order chi connectivity index (χ0) is 12.0. The molecule has 0 amide bonds. The van der Waals surface area contributed by atoms with Crippen LogP contribution in [0.1, 0.15) is 47.0 Å². The molecule has 0 radical (unpaired) electrons. The molecule has 2 heteroatoms. The molecular weight excluding hydrogens is 196 g/mol. The average molecular weight is 226 g/mol. The van der Waals surface area contributed by atoms with E-state index in [1.807, 2.05) is 0 Å². The van der Waals surface area contributed by atoms with E-state index < -0.39 is 0 Å². The van der Waals surface area contributed by atoms with E-state index in [9.17, 15) is 0 Å². The standard InChI is InChI=1S/C14H30N2/c1-12(2)10-15-8-5-9-16-11-13(3)6-7-14(16)4/h12-15H,5-11H2,1-4H3. The topological polar surface area (TPSA) is 15.3 Å². The summed E-state index contributed by atoms with van der Waals surface area (Å²) in [4.78, 5) is 2.67. The van der Waals surface area contributed by atoms with E-state index in [-0.39, 0.29) is 0 Å². The summed E-state index contributed by atoms with van der Waals surface area (Å²) in [6.45, 7) is 14.2. The van der Waals surface area contributed by atoms with Crippen molar-refractivity contribution in [1.82, 2.24) is 10.2 Å². The van der Waals surface area contributed by atoms with Gasteiger partial charge in [0.05, 0.1) is 0 Å². The number of rotatable bonds is 6. The van der Waals surface area contributed by atoms with Crippen molar-refractivity contribution in [3.63, 3.8) is 0 Å². The van der Waals surface area contributed by atoms with Gasteiger partial charge in [-0.15, -0.1) is 0 Å². The summed E-state index contributed by atoms with van der Waals surface area (Å²) in [6.07, 6.45) is 4.10. The molecule has 1 saturated heterocycles. The molecule has 0 aromatic heterocycles. The Labute approximate surface area is 102 Å². The lowest BCUT2D eigenvalue weighted by Crippen LogP contribution is -2.42. The number of hydrogen-bond donors (Lipinski definition) is 1. The summed E-state index contributed by atoms with van der Waals surface area (Å²) in [5, 5.41) is 3.52. The highest BCUT2D eigenvalue weighted by Gasteiger charge is 2.21. The molecule has 2 nitrogen and oxygen atoms in total. The first-order chi connectivity index (χ1) is 7.59. The Morgan fingerprint density at radius 1 is 1.25 bits per heavy atom. The van der Waals surface area contributed by atoms with Gasteiger partial charge in [0.25, 0.3) is 0 Å². The van der Waals surface area contributed by atoms with Gasteiger partial charge in [-0.3, -0.25) is 0 Å². The fourth-order valence-corrected chi connectivity index (χ4v) is 2.49. The Bertz CT molecular complexity index is 180. The predicted octanol–water partition coefficient (Wildman–Crippen LogP) is 2.74. The van der Waals surface area contributed by atoms with Crippen molar-refractivity contribution in [2.75, 3.05) is 26.2 Å². The number of nitrogens with one attached hydrogen (secondary N) is 1. The first kappa shape index (κ1) is 14.0. The van der Waals surface area contributed by atoms with Gasteiger partial charge in [-0.1, -0.05) is 20.8 Å². The number of hydrogen-bond acceptors (Lipinski definition) is 2. The van der Waals surface area contributed by atoms with Crippen LogP contribution in [0.4, 0.5) is 0 Å². The molecule has 0 spiro atoms. The highest BCUT2D eigenvalue weighted by Crippen LogP contribution is 2.20. The Kier molecular flexibility index (Phi) is 6.37. The van der Waals surface area contributed by atoms with Crippen LogP contribution in [0.5, 0.6) is 0 Å². The van der Waals surface area contributed by atoms with E-state index >= 15 is 0 Å². The van der Waals surface area contributed by atoms with Gasteiger partial charge < -0.3 is 10.2 Å². The second-order valence-electron chi connectivity index (χ2n) is 5.98. The zero-order valence-electron chi connectivity index (χ0n) is 11.6. The lowest BCUT2D eigenvalue weighted by atomic mass is 9.95. The van der Waals surface area contributed by atoms with Crippen molar-refractivity contribution in [3.8, 4) is 0 Å². The van der Waals surface area contributed by atoms with Gasteiger partial charge in [0.2, 0.25) is 0 Å². The maximum absolute atomic E-state index is 3.52. The minimum Gasteiger partial charge on any atom is -0.316 e. The van der Waals surface area contributed by atoms with Crippen LogP contribution in [0.3, 0.4) is 0 Å². The fraction of sp³-hybridized carbons (Fsp3) is 1.00. The molecule has 16 heavy (non-hydrogen) atoms. The largest absolute Gasteiger partial charge is 0.316 e. The van der Waals surface area contributed by atoms with E-state index in [0.717, 1.165) is 24.4 Å². The molecule has 2 unspecified atom stereocenters. The van der Waals surface area contributed by atoms with Crippen LogP contribution in [-0.4, -0.2) is 37.1 Å². The molecule has 0 aromatic rings. The summed E-state index contributed by atoms with van der Waals surface area (Å²) < 4.78 is 0. The quantitative estimate of drug-likeness (QED) is 0.701. The van der Waals surface area contributed by atoms with Crippen molar-refractivity contribution in [2.24, 2.45) is 11.8 Å². The monoisotopic (exact) mass is 226 g/mol. The second-order valence-corrected chi connectivity index (χ2v) is 5.98. The third-order valence-electron chi connectivity index (χ3n) is 3.60. The van der Waals surface area contributed by atoms with Gasteiger partial charge >= 0.3 is 0 Å². The molecule has 0 bridgehead atoms. The number of likely N-dealkylation sites (tertiary alicyclic amines) is 1. The predicted molar refractivity (Wildman–Crippen MR) is 71.8 cm³/mol. The SMILES string of the molecule is CC(C)CNCCCN1CC(C)CCC1C. The average Bonchev–Trinajstić information content (AvgIpc) is 2.22. The highest BCUT2D eigenvalue weighted by atomic mass is 15.2. The second kappa shape index (κ2) is 7.29. The first-order valence-electron chi connectivity index (χ1n) is 7.04. The van der Waals surface area contributed by atoms with Gasteiger partial charge in [-0.25, -0.2) is 0 Å². The molecule has 2 atom stereocenters. The third-order valence-corrected chi connectivity index (χ3v) is 3.60. The summed E-state index contributed by atoms with van der Waals surface area (Å²) >= 11 is 0. The minimum absolute atomic E-state index is 0.772. The lowest BCUT2D eigenvalue weighted by Gasteiger charge is -2.36. The molecule has 1 heterocycles. The summed E-state index contributed by atoms with van der Waals surface area (Å²) in [7, 11) is 0. The van der Waals surface area contributed by atoms with Crippen LogP contribution in [0.2, 0.25) is 0 Å². The van der Waals surface area contributed by atoms with Crippen LogP contribution < -0.4 is 5.32 Å².